The average molecular weight is 478 g/mol. The molecule has 0 saturated carbocycles. The molecule has 0 spiro atoms. The monoisotopic (exact) mass is 477 g/mol. The Morgan fingerprint density at radius 2 is 1.86 bits per heavy atom. The molecule has 1 saturated heterocycles. The van der Waals surface area contributed by atoms with Crippen LogP contribution < -0.4 is 5.73 Å². The zero-order valence-electron chi connectivity index (χ0n) is 20.5. The maximum absolute atomic E-state index is 13.5. The van der Waals surface area contributed by atoms with Crippen LogP contribution in [0.4, 0.5) is 0 Å². The normalized spacial score (nSPS) is 18.1. The van der Waals surface area contributed by atoms with Crippen LogP contribution in [0.3, 0.4) is 0 Å². The second-order valence-electron chi connectivity index (χ2n) is 9.46. The van der Waals surface area contributed by atoms with Gasteiger partial charge in [-0.3, -0.25) is 4.79 Å². The Bertz CT molecular complexity index is 1170. The summed E-state index contributed by atoms with van der Waals surface area (Å²) < 4.78 is 11.2. The molecule has 0 aliphatic carbocycles. The van der Waals surface area contributed by atoms with Crippen LogP contribution in [-0.4, -0.2) is 52.5 Å². The summed E-state index contributed by atoms with van der Waals surface area (Å²) in [4.78, 5) is 24.6. The van der Waals surface area contributed by atoms with Crippen molar-refractivity contribution in [2.45, 2.75) is 44.9 Å². The maximum atomic E-state index is 13.5. The van der Waals surface area contributed by atoms with Gasteiger partial charge >= 0.3 is 0 Å². The van der Waals surface area contributed by atoms with Gasteiger partial charge in [-0.2, -0.15) is 4.98 Å². The van der Waals surface area contributed by atoms with E-state index in [1.165, 1.54) is 7.11 Å². The van der Waals surface area contributed by atoms with Crippen molar-refractivity contribution >= 4 is 11.6 Å². The highest BCUT2D eigenvalue weighted by atomic mass is 16.6. The predicted molar refractivity (Wildman–Crippen MR) is 132 cm³/mol. The lowest BCUT2D eigenvalue weighted by molar-refractivity contribution is -0.0134. The first-order valence-electron chi connectivity index (χ1n) is 11.5. The first-order valence-corrected chi connectivity index (χ1v) is 11.5. The molecular weight excluding hydrogens is 446 g/mol. The second kappa shape index (κ2) is 10.4. The number of benzene rings is 2. The van der Waals surface area contributed by atoms with E-state index in [1.807, 2.05) is 75.4 Å². The fourth-order valence-electron chi connectivity index (χ4n) is 3.89. The molecule has 0 bridgehead atoms. The summed E-state index contributed by atoms with van der Waals surface area (Å²) >= 11 is 0. The highest BCUT2D eigenvalue weighted by molar-refractivity contribution is 6.00. The van der Waals surface area contributed by atoms with Crippen LogP contribution in [0.1, 0.15) is 61.3 Å². The maximum Gasteiger partial charge on any atom is 0.254 e. The number of likely N-dealkylation sites (tertiary alicyclic amines) is 1. The van der Waals surface area contributed by atoms with Gasteiger partial charge in [0.15, 0.2) is 5.82 Å². The minimum Gasteiger partial charge on any atom is -0.399 e. The molecule has 2 aromatic carbocycles. The summed E-state index contributed by atoms with van der Waals surface area (Å²) in [5.74, 6) is 0.491. The van der Waals surface area contributed by atoms with Crippen molar-refractivity contribution in [3.63, 3.8) is 0 Å². The number of aromatic nitrogens is 2. The highest BCUT2D eigenvalue weighted by Gasteiger charge is 2.38. The number of hydrogen-bond donors (Lipinski definition) is 1. The number of rotatable bonds is 7. The fourth-order valence-corrected chi connectivity index (χ4v) is 3.89. The quantitative estimate of drug-likeness (QED) is 0.508. The molecule has 9 nitrogen and oxygen atoms in total. The van der Waals surface area contributed by atoms with Crippen molar-refractivity contribution in [2.75, 3.05) is 20.3 Å². The van der Waals surface area contributed by atoms with Crippen LogP contribution in [0, 0.1) is 0 Å². The predicted octanol–water partition coefficient (Wildman–Crippen LogP) is 4.14. The summed E-state index contributed by atoms with van der Waals surface area (Å²) in [7, 11) is 1.48. The van der Waals surface area contributed by atoms with Crippen molar-refractivity contribution in [3.05, 3.63) is 71.9 Å². The van der Waals surface area contributed by atoms with Crippen molar-refractivity contribution in [2.24, 2.45) is 10.9 Å². The summed E-state index contributed by atoms with van der Waals surface area (Å²) in [5.41, 5.74) is 9.26. The van der Waals surface area contributed by atoms with Gasteiger partial charge in [0.2, 0.25) is 5.89 Å². The zero-order chi connectivity index (χ0) is 25.0. The van der Waals surface area contributed by atoms with E-state index in [4.69, 9.17) is 19.8 Å². The molecule has 1 aliphatic heterocycles. The van der Waals surface area contributed by atoms with Crippen molar-refractivity contribution in [1.82, 2.24) is 15.0 Å². The SMILES string of the molecule is CON=C1CC(c2noc([C@@H](N)COC(C)(C)C)n2)N(C(=O)c2ccc(-c3ccccc3)cc2)C1. The van der Waals surface area contributed by atoms with Crippen LogP contribution in [-0.2, 0) is 9.57 Å². The molecule has 1 aromatic heterocycles. The summed E-state index contributed by atoms with van der Waals surface area (Å²) in [6.45, 7) is 6.39. The Morgan fingerprint density at radius 1 is 1.17 bits per heavy atom. The number of amides is 1. The van der Waals surface area contributed by atoms with Crippen molar-refractivity contribution in [3.8, 4) is 11.1 Å². The molecule has 184 valence electrons. The minimum atomic E-state index is -0.571. The smallest absolute Gasteiger partial charge is 0.254 e. The standard InChI is InChI=1S/C26H31N5O4/c1-26(2,3)34-16-21(27)24-28-23(30-35-24)22-14-20(29-33-4)15-31(22)25(32)19-12-10-18(11-13-19)17-8-6-5-7-9-17/h5-13,21-22H,14-16,27H2,1-4H3/t21-,22?/m0/s1. The second-order valence-corrected chi connectivity index (χ2v) is 9.46. The number of hydrogen-bond acceptors (Lipinski definition) is 8. The van der Waals surface area contributed by atoms with Crippen LogP contribution in [0.15, 0.2) is 64.3 Å². The summed E-state index contributed by atoms with van der Waals surface area (Å²) in [5, 5.41) is 8.20. The van der Waals surface area contributed by atoms with E-state index >= 15 is 0 Å². The molecule has 2 N–H and O–H groups in total. The van der Waals surface area contributed by atoms with Crippen molar-refractivity contribution < 1.29 is 18.9 Å². The van der Waals surface area contributed by atoms with Gasteiger partial charge < -0.3 is 24.7 Å². The molecule has 3 aromatic rings. The third-order valence-corrected chi connectivity index (χ3v) is 5.65. The molecule has 1 aliphatic rings. The van der Waals surface area contributed by atoms with E-state index in [2.05, 4.69) is 15.3 Å². The number of carbonyl (C=O) groups excluding carboxylic acids is 1. The first kappa shape index (κ1) is 24.6. The summed E-state index contributed by atoms with van der Waals surface area (Å²) in [6, 6.07) is 16.5. The fraction of sp³-hybridized carbons (Fsp3) is 0.385. The molecular formula is C26H31N5O4. The van der Waals surface area contributed by atoms with Gasteiger partial charge in [-0.1, -0.05) is 52.8 Å². The minimum absolute atomic E-state index is 0.150. The van der Waals surface area contributed by atoms with Gasteiger partial charge in [0.05, 0.1) is 24.5 Å². The number of carbonyl (C=O) groups is 1. The Balaban J connectivity index is 1.54. The van der Waals surface area contributed by atoms with E-state index < -0.39 is 12.1 Å². The Kier molecular flexibility index (Phi) is 7.28. The Labute approximate surface area is 204 Å². The largest absolute Gasteiger partial charge is 0.399 e. The Morgan fingerprint density at radius 3 is 2.51 bits per heavy atom. The lowest BCUT2D eigenvalue weighted by Gasteiger charge is -2.22. The van der Waals surface area contributed by atoms with Crippen LogP contribution in [0.5, 0.6) is 0 Å². The van der Waals surface area contributed by atoms with Gasteiger partial charge in [-0.05, 0) is 44.0 Å². The molecule has 9 heteroatoms. The van der Waals surface area contributed by atoms with Crippen LogP contribution >= 0.6 is 0 Å². The lowest BCUT2D eigenvalue weighted by atomic mass is 10.0. The van der Waals surface area contributed by atoms with E-state index in [-0.39, 0.29) is 24.0 Å². The van der Waals surface area contributed by atoms with E-state index in [0.717, 1.165) is 16.8 Å². The number of ether oxygens (including phenoxy) is 1. The average Bonchev–Trinajstić information content (AvgIpc) is 3.50. The zero-order valence-corrected chi connectivity index (χ0v) is 20.5. The van der Waals surface area contributed by atoms with Crippen LogP contribution in [0.25, 0.3) is 11.1 Å². The van der Waals surface area contributed by atoms with Crippen LogP contribution in [0.2, 0.25) is 0 Å². The van der Waals surface area contributed by atoms with E-state index in [9.17, 15) is 4.79 Å². The van der Waals surface area contributed by atoms with Gasteiger partial charge in [0.1, 0.15) is 19.2 Å². The molecule has 2 heterocycles. The van der Waals surface area contributed by atoms with Gasteiger partial charge in [0.25, 0.3) is 5.91 Å². The topological polar surface area (TPSA) is 116 Å². The van der Waals surface area contributed by atoms with E-state index in [1.54, 1.807) is 4.90 Å². The molecule has 0 radical (unpaired) electrons. The molecule has 4 rings (SSSR count). The van der Waals surface area contributed by atoms with E-state index in [0.29, 0.717) is 24.4 Å². The third kappa shape index (κ3) is 5.93. The van der Waals surface area contributed by atoms with Gasteiger partial charge in [0, 0.05) is 12.0 Å². The summed E-state index contributed by atoms with van der Waals surface area (Å²) in [6.07, 6.45) is 0.439. The molecule has 1 amide bonds. The molecule has 1 fully saturated rings. The highest BCUT2D eigenvalue weighted by Crippen LogP contribution is 2.32. The third-order valence-electron chi connectivity index (χ3n) is 5.65. The number of nitrogens with two attached hydrogens (primary N) is 1. The first-order chi connectivity index (χ1) is 16.7. The number of nitrogens with zero attached hydrogens (tertiary/aromatic N) is 4. The van der Waals surface area contributed by atoms with Gasteiger partial charge in [-0.25, -0.2) is 0 Å². The van der Waals surface area contributed by atoms with Crippen molar-refractivity contribution in [1.29, 1.82) is 0 Å². The number of oxime groups is 1. The molecule has 35 heavy (non-hydrogen) atoms. The Hall–Kier alpha value is -3.56. The molecule has 2 atom stereocenters. The van der Waals surface area contributed by atoms with Gasteiger partial charge in [-0.15, -0.1) is 0 Å². The lowest BCUT2D eigenvalue weighted by Crippen LogP contribution is -2.32. The molecule has 1 unspecified atom stereocenters.